The fourth-order valence-electron chi connectivity index (χ4n) is 6.52. The lowest BCUT2D eigenvalue weighted by Gasteiger charge is -2.15. The van der Waals surface area contributed by atoms with E-state index in [0.29, 0.717) is 18.4 Å². The third kappa shape index (κ3) is 15.9. The molecular weight excluding hydrogens is 632 g/mol. The van der Waals surface area contributed by atoms with Gasteiger partial charge in [0.1, 0.15) is 0 Å². The first kappa shape index (κ1) is 44.3. The number of rotatable bonds is 26. The summed E-state index contributed by atoms with van der Waals surface area (Å²) in [5.41, 5.74) is 3.25. The number of carbonyl (C=O) groups is 4. The zero-order valence-corrected chi connectivity index (χ0v) is 31.3. The van der Waals surface area contributed by atoms with Crippen LogP contribution in [0.2, 0.25) is 0 Å². The van der Waals surface area contributed by atoms with Gasteiger partial charge in [0.25, 0.3) is 0 Å². The molecule has 280 valence electrons. The molecule has 0 heterocycles. The Morgan fingerprint density at radius 2 is 0.680 bits per heavy atom. The zero-order chi connectivity index (χ0) is 37.3. The zero-order valence-electron chi connectivity index (χ0n) is 31.3. The second kappa shape index (κ2) is 26.2. The van der Waals surface area contributed by atoms with Crippen molar-refractivity contribution in [1.29, 1.82) is 0 Å². The average Bonchev–Trinajstić information content (AvgIpc) is 3.08. The third-order valence-electron chi connectivity index (χ3n) is 9.37. The number of hydrogen-bond donors (Lipinski definition) is 4. The van der Waals surface area contributed by atoms with Crippen molar-refractivity contribution in [2.75, 3.05) is 0 Å². The normalized spacial score (nSPS) is 10.8. The highest BCUT2D eigenvalue weighted by Gasteiger charge is 2.23. The Hall–Kier alpha value is -3.68. The number of unbranched alkanes of at least 4 members (excludes halogenated alkanes) is 14. The van der Waals surface area contributed by atoms with Gasteiger partial charge in [-0.05, 0) is 85.8 Å². The van der Waals surface area contributed by atoms with Gasteiger partial charge in [0.2, 0.25) is 0 Å². The molecule has 0 aromatic heterocycles. The monoisotopic (exact) mass is 696 g/mol. The predicted octanol–water partition coefficient (Wildman–Crippen LogP) is 11.4. The summed E-state index contributed by atoms with van der Waals surface area (Å²) >= 11 is 0. The molecule has 0 saturated heterocycles. The van der Waals surface area contributed by atoms with E-state index in [2.05, 4.69) is 20.8 Å². The largest absolute Gasteiger partial charge is 0.478 e. The van der Waals surface area contributed by atoms with Crippen molar-refractivity contribution in [2.45, 2.75) is 169 Å². The smallest absolute Gasteiger partial charge is 0.336 e. The van der Waals surface area contributed by atoms with E-state index in [-0.39, 0.29) is 22.3 Å². The molecule has 0 aliphatic heterocycles. The molecule has 0 atom stereocenters. The summed E-state index contributed by atoms with van der Waals surface area (Å²) < 4.78 is 0. The van der Waals surface area contributed by atoms with Crippen molar-refractivity contribution in [3.05, 3.63) is 68.8 Å². The van der Waals surface area contributed by atoms with Gasteiger partial charge in [-0.15, -0.1) is 0 Å². The van der Waals surface area contributed by atoms with Crippen LogP contribution in [0.15, 0.2) is 24.3 Å². The molecule has 2 aromatic carbocycles. The number of benzene rings is 2. The topological polar surface area (TPSA) is 149 Å². The van der Waals surface area contributed by atoms with E-state index in [1.54, 1.807) is 6.07 Å². The van der Waals surface area contributed by atoms with Gasteiger partial charge in [-0.3, -0.25) is 0 Å². The van der Waals surface area contributed by atoms with Crippen LogP contribution >= 0.6 is 0 Å². The molecule has 0 unspecified atom stereocenters. The maximum Gasteiger partial charge on any atom is 0.336 e. The van der Waals surface area contributed by atoms with E-state index < -0.39 is 23.9 Å². The minimum atomic E-state index is -1.18. The van der Waals surface area contributed by atoms with E-state index in [4.69, 9.17) is 5.11 Å². The molecule has 2 rings (SSSR count). The standard InChI is InChI=1S/C26H42O4.C16H22O4/c1-3-5-7-9-11-13-15-17-21-19-20-23(25(27)28)24(26(29)30)22(21)18-16-14-12-10-8-6-4-2;1-3-5-7-11-9-10-13(15(17)18)14(16(19)20)12(11)8-6-4-2/h19-20H,3-18H2,1-2H3,(H,27,28)(H,29,30);9-10H,3-8H2,1-2H3,(H,17,18)(H,19,20). The molecule has 2 aromatic rings. The molecule has 8 nitrogen and oxygen atoms in total. The molecule has 0 amide bonds. The van der Waals surface area contributed by atoms with Crippen molar-refractivity contribution >= 4 is 23.9 Å². The maximum atomic E-state index is 11.9. The molecule has 0 radical (unpaired) electrons. The number of carboxylic acids is 4. The number of aryl methyl sites for hydroxylation is 2. The first-order chi connectivity index (χ1) is 24.0. The Morgan fingerprint density at radius 3 is 1.04 bits per heavy atom. The molecule has 50 heavy (non-hydrogen) atoms. The van der Waals surface area contributed by atoms with Gasteiger partial charge in [0.05, 0.1) is 22.3 Å². The van der Waals surface area contributed by atoms with Gasteiger partial charge >= 0.3 is 23.9 Å². The van der Waals surface area contributed by atoms with E-state index in [0.717, 1.165) is 87.3 Å². The van der Waals surface area contributed by atoms with Crippen molar-refractivity contribution < 1.29 is 39.6 Å². The van der Waals surface area contributed by atoms with Crippen LogP contribution in [0, 0.1) is 0 Å². The first-order valence-electron chi connectivity index (χ1n) is 19.3. The van der Waals surface area contributed by atoms with Crippen molar-refractivity contribution in [1.82, 2.24) is 0 Å². The van der Waals surface area contributed by atoms with Crippen molar-refractivity contribution in [2.24, 2.45) is 0 Å². The molecular formula is C42H64O8. The molecule has 4 N–H and O–H groups in total. The third-order valence-corrected chi connectivity index (χ3v) is 9.37. The summed E-state index contributed by atoms with van der Waals surface area (Å²) in [7, 11) is 0. The summed E-state index contributed by atoms with van der Waals surface area (Å²) in [6, 6.07) is 6.53. The molecule has 8 heteroatoms. The van der Waals surface area contributed by atoms with Gasteiger partial charge in [-0.2, -0.15) is 0 Å². The van der Waals surface area contributed by atoms with Crippen LogP contribution in [0.3, 0.4) is 0 Å². The minimum absolute atomic E-state index is 0.00827. The Labute approximate surface area is 300 Å². The predicted molar refractivity (Wildman–Crippen MR) is 201 cm³/mol. The lowest BCUT2D eigenvalue weighted by molar-refractivity contribution is 0.0650. The molecule has 0 fully saturated rings. The lowest BCUT2D eigenvalue weighted by Crippen LogP contribution is -2.14. The first-order valence-corrected chi connectivity index (χ1v) is 19.3. The Morgan fingerprint density at radius 1 is 0.380 bits per heavy atom. The lowest BCUT2D eigenvalue weighted by atomic mass is 9.89. The highest BCUT2D eigenvalue weighted by molar-refractivity contribution is 6.03. The molecule has 0 bridgehead atoms. The highest BCUT2D eigenvalue weighted by Crippen LogP contribution is 2.26. The van der Waals surface area contributed by atoms with Crippen LogP contribution < -0.4 is 0 Å². The van der Waals surface area contributed by atoms with Gasteiger partial charge < -0.3 is 20.4 Å². The number of hydrogen-bond acceptors (Lipinski definition) is 4. The van der Waals surface area contributed by atoms with Crippen LogP contribution in [0.25, 0.3) is 0 Å². The molecule has 0 saturated carbocycles. The molecule has 0 aliphatic rings. The summed E-state index contributed by atoms with van der Waals surface area (Å²) in [5, 5.41) is 37.8. The Bertz CT molecular complexity index is 1330. The van der Waals surface area contributed by atoms with Crippen LogP contribution in [-0.2, 0) is 25.7 Å². The maximum absolute atomic E-state index is 11.9. The summed E-state index contributed by atoms with van der Waals surface area (Å²) in [6.07, 6.45) is 23.3. The Kier molecular flexibility index (Phi) is 23.2. The second-order valence-corrected chi connectivity index (χ2v) is 13.4. The minimum Gasteiger partial charge on any atom is -0.478 e. The summed E-state index contributed by atoms with van der Waals surface area (Å²) in [5.74, 6) is -4.60. The van der Waals surface area contributed by atoms with Crippen LogP contribution in [-0.4, -0.2) is 44.3 Å². The van der Waals surface area contributed by atoms with Crippen LogP contribution in [0.4, 0.5) is 0 Å². The quantitative estimate of drug-likeness (QED) is 0.0710. The second-order valence-electron chi connectivity index (χ2n) is 13.4. The summed E-state index contributed by atoms with van der Waals surface area (Å²) in [6.45, 7) is 8.53. The fraction of sp³-hybridized carbons (Fsp3) is 0.619. The molecule has 0 spiro atoms. The van der Waals surface area contributed by atoms with E-state index in [9.17, 15) is 34.5 Å². The van der Waals surface area contributed by atoms with Gasteiger partial charge in [0.15, 0.2) is 0 Å². The Balaban J connectivity index is 0.000000542. The van der Waals surface area contributed by atoms with Gasteiger partial charge in [0, 0.05) is 0 Å². The number of aromatic carboxylic acids is 4. The van der Waals surface area contributed by atoms with E-state index in [1.165, 1.54) is 69.9 Å². The van der Waals surface area contributed by atoms with Gasteiger partial charge in [-0.1, -0.05) is 130 Å². The SMILES string of the molecule is CCCCCCCCCc1ccc(C(=O)O)c(C(=O)O)c1CCCCCCCCC.CCCCc1ccc(C(=O)O)c(C(=O)O)c1CCCC. The van der Waals surface area contributed by atoms with E-state index in [1.807, 2.05) is 13.0 Å². The van der Waals surface area contributed by atoms with Crippen molar-refractivity contribution in [3.8, 4) is 0 Å². The number of carboxylic acid groups (broad SMARTS) is 4. The summed E-state index contributed by atoms with van der Waals surface area (Å²) in [4.78, 5) is 46.2. The highest BCUT2D eigenvalue weighted by atomic mass is 16.4. The average molecular weight is 697 g/mol. The van der Waals surface area contributed by atoms with Crippen molar-refractivity contribution in [3.63, 3.8) is 0 Å². The van der Waals surface area contributed by atoms with Crippen LogP contribution in [0.1, 0.15) is 207 Å². The van der Waals surface area contributed by atoms with Crippen LogP contribution in [0.5, 0.6) is 0 Å². The van der Waals surface area contributed by atoms with Gasteiger partial charge in [-0.25, -0.2) is 19.2 Å². The van der Waals surface area contributed by atoms with E-state index >= 15 is 0 Å². The fourth-order valence-corrected chi connectivity index (χ4v) is 6.52. The molecule has 0 aliphatic carbocycles.